The van der Waals surface area contributed by atoms with Crippen LogP contribution in [0.5, 0.6) is 0 Å². The van der Waals surface area contributed by atoms with Crippen molar-refractivity contribution >= 4 is 22.4 Å². The highest BCUT2D eigenvalue weighted by atomic mass is 32.1. The van der Waals surface area contributed by atoms with Crippen molar-refractivity contribution in [3.8, 4) is 0 Å². The first-order chi connectivity index (χ1) is 8.67. The van der Waals surface area contributed by atoms with Crippen molar-refractivity contribution < 1.29 is 4.79 Å². The van der Waals surface area contributed by atoms with Gasteiger partial charge in [0.2, 0.25) is 5.91 Å². The number of carbonyl (C=O) groups excluding carboxylic acids is 1. The van der Waals surface area contributed by atoms with E-state index in [1.54, 1.807) is 0 Å². The molecule has 2 heterocycles. The molecule has 18 heavy (non-hydrogen) atoms. The third kappa shape index (κ3) is 3.76. The zero-order valence-corrected chi connectivity index (χ0v) is 11.5. The number of nitrogens with two attached hydrogens (primary N) is 1. The van der Waals surface area contributed by atoms with Gasteiger partial charge in [0, 0.05) is 18.8 Å². The third-order valence-electron chi connectivity index (χ3n) is 3.26. The van der Waals surface area contributed by atoms with Crippen LogP contribution >= 0.6 is 11.3 Å². The molecule has 100 valence electrons. The number of hydrogen-bond acceptors (Lipinski definition) is 5. The Morgan fingerprint density at radius 3 is 2.94 bits per heavy atom. The summed E-state index contributed by atoms with van der Waals surface area (Å²) < 4.78 is 0. The summed E-state index contributed by atoms with van der Waals surface area (Å²) in [6.45, 7) is 5.35. The summed E-state index contributed by atoms with van der Waals surface area (Å²) in [5, 5.41) is 5.42. The molecule has 0 bridgehead atoms. The Hall–Kier alpha value is -0.980. The second-order valence-corrected chi connectivity index (χ2v) is 5.64. The summed E-state index contributed by atoms with van der Waals surface area (Å²) in [4.78, 5) is 17.7. The lowest BCUT2D eigenvalue weighted by atomic mass is 9.97. The fourth-order valence-corrected chi connectivity index (χ4v) is 2.94. The summed E-state index contributed by atoms with van der Waals surface area (Å²) in [5.41, 5.74) is 6.72. The summed E-state index contributed by atoms with van der Waals surface area (Å²) in [6.07, 6.45) is 2.36. The average molecular weight is 268 g/mol. The van der Waals surface area contributed by atoms with E-state index in [9.17, 15) is 4.79 Å². The van der Waals surface area contributed by atoms with Crippen LogP contribution in [0.1, 0.15) is 25.5 Å². The molecular weight excluding hydrogens is 248 g/mol. The van der Waals surface area contributed by atoms with Crippen molar-refractivity contribution in [2.45, 2.75) is 26.3 Å². The number of hydrogen-bond donors (Lipinski definition) is 2. The maximum absolute atomic E-state index is 10.9. The van der Waals surface area contributed by atoms with E-state index in [4.69, 9.17) is 5.73 Å². The fourth-order valence-electron chi connectivity index (χ4n) is 2.20. The lowest BCUT2D eigenvalue weighted by Crippen LogP contribution is -2.35. The predicted octanol–water partition coefficient (Wildman–Crippen LogP) is 1.27. The Labute approximate surface area is 111 Å². The average Bonchev–Trinajstić information content (AvgIpc) is 2.76. The van der Waals surface area contributed by atoms with Crippen LogP contribution in [0.25, 0.3) is 0 Å². The first-order valence-electron chi connectivity index (χ1n) is 6.32. The summed E-state index contributed by atoms with van der Waals surface area (Å²) in [7, 11) is 0. The smallest absolute Gasteiger partial charge is 0.223 e. The molecule has 0 spiro atoms. The number of likely N-dealkylation sites (tertiary alicyclic amines) is 1. The van der Waals surface area contributed by atoms with Gasteiger partial charge in [-0.05, 0) is 38.4 Å². The minimum Gasteiger partial charge on any atom is -0.330 e. The quantitative estimate of drug-likeness (QED) is 0.862. The van der Waals surface area contributed by atoms with Gasteiger partial charge in [-0.15, -0.1) is 11.3 Å². The Morgan fingerprint density at radius 1 is 1.61 bits per heavy atom. The van der Waals surface area contributed by atoms with Crippen LogP contribution < -0.4 is 11.1 Å². The number of rotatable bonds is 4. The first-order valence-corrected chi connectivity index (χ1v) is 7.19. The Kier molecular flexibility index (Phi) is 4.68. The summed E-state index contributed by atoms with van der Waals surface area (Å²) in [5.74, 6) is 0.617. The Morgan fingerprint density at radius 2 is 2.33 bits per heavy atom. The highest BCUT2D eigenvalue weighted by molar-refractivity contribution is 7.13. The largest absolute Gasteiger partial charge is 0.330 e. The molecule has 1 aromatic heterocycles. The monoisotopic (exact) mass is 268 g/mol. The molecule has 1 saturated heterocycles. The minimum absolute atomic E-state index is 0.0698. The number of anilines is 1. The maximum atomic E-state index is 10.9. The van der Waals surface area contributed by atoms with Crippen LogP contribution in [-0.2, 0) is 11.3 Å². The van der Waals surface area contributed by atoms with E-state index < -0.39 is 0 Å². The van der Waals surface area contributed by atoms with Crippen molar-refractivity contribution in [3.05, 3.63) is 11.1 Å². The normalized spacial score (nSPS) is 17.9. The van der Waals surface area contributed by atoms with Crippen molar-refractivity contribution in [2.24, 2.45) is 11.7 Å². The van der Waals surface area contributed by atoms with Crippen LogP contribution in [0.2, 0.25) is 0 Å². The number of aromatic nitrogens is 1. The Bertz CT molecular complexity index is 399. The number of amides is 1. The maximum Gasteiger partial charge on any atom is 0.223 e. The van der Waals surface area contributed by atoms with Crippen LogP contribution in [0, 0.1) is 5.92 Å². The molecule has 1 aromatic rings. The number of carbonyl (C=O) groups is 1. The highest BCUT2D eigenvalue weighted by Crippen LogP contribution is 2.20. The predicted molar refractivity (Wildman–Crippen MR) is 73.5 cm³/mol. The number of nitrogens with zero attached hydrogens (tertiary/aromatic N) is 2. The van der Waals surface area contributed by atoms with Gasteiger partial charge in [-0.3, -0.25) is 9.69 Å². The Balaban J connectivity index is 1.83. The number of thiazole rings is 1. The van der Waals surface area contributed by atoms with Gasteiger partial charge in [0.05, 0.1) is 5.69 Å². The van der Waals surface area contributed by atoms with E-state index >= 15 is 0 Å². The molecule has 0 atom stereocenters. The fraction of sp³-hybridized carbons (Fsp3) is 0.667. The zero-order chi connectivity index (χ0) is 13.0. The van der Waals surface area contributed by atoms with E-state index in [1.807, 2.05) is 5.38 Å². The van der Waals surface area contributed by atoms with E-state index in [1.165, 1.54) is 31.1 Å². The van der Waals surface area contributed by atoms with Crippen LogP contribution in [0.3, 0.4) is 0 Å². The number of piperidine rings is 1. The van der Waals surface area contributed by atoms with E-state index in [0.29, 0.717) is 11.0 Å². The van der Waals surface area contributed by atoms with Gasteiger partial charge in [-0.1, -0.05) is 0 Å². The topological polar surface area (TPSA) is 71.2 Å². The summed E-state index contributed by atoms with van der Waals surface area (Å²) >= 11 is 1.48. The van der Waals surface area contributed by atoms with Gasteiger partial charge in [-0.2, -0.15) is 0 Å². The van der Waals surface area contributed by atoms with Crippen LogP contribution in [-0.4, -0.2) is 35.4 Å². The van der Waals surface area contributed by atoms with E-state index in [0.717, 1.165) is 31.9 Å². The van der Waals surface area contributed by atoms with Gasteiger partial charge in [0.25, 0.3) is 0 Å². The molecule has 0 saturated carbocycles. The van der Waals surface area contributed by atoms with E-state index in [-0.39, 0.29) is 5.91 Å². The standard InChI is InChI=1S/C12H20N4OS/c1-9(17)14-12-15-11(8-18-12)7-16-4-2-10(6-13)3-5-16/h8,10H,2-7,13H2,1H3,(H,14,15,17). The molecule has 0 unspecified atom stereocenters. The molecule has 0 aromatic carbocycles. The van der Waals surface area contributed by atoms with Gasteiger partial charge in [-0.25, -0.2) is 4.98 Å². The van der Waals surface area contributed by atoms with Crippen molar-refractivity contribution in [3.63, 3.8) is 0 Å². The lowest BCUT2D eigenvalue weighted by molar-refractivity contribution is -0.114. The molecule has 6 heteroatoms. The highest BCUT2D eigenvalue weighted by Gasteiger charge is 2.18. The molecule has 1 amide bonds. The SMILES string of the molecule is CC(=O)Nc1nc(CN2CCC(CN)CC2)cs1. The molecule has 2 rings (SSSR count). The minimum atomic E-state index is -0.0698. The van der Waals surface area contributed by atoms with Gasteiger partial charge < -0.3 is 11.1 Å². The van der Waals surface area contributed by atoms with Gasteiger partial charge in [0.1, 0.15) is 0 Å². The number of nitrogens with one attached hydrogen (secondary N) is 1. The third-order valence-corrected chi connectivity index (χ3v) is 4.07. The van der Waals surface area contributed by atoms with Crippen molar-refractivity contribution in [1.29, 1.82) is 0 Å². The van der Waals surface area contributed by atoms with E-state index in [2.05, 4.69) is 15.2 Å². The molecule has 0 aliphatic carbocycles. The molecule has 0 radical (unpaired) electrons. The first kappa shape index (κ1) is 13.5. The second-order valence-electron chi connectivity index (χ2n) is 4.78. The van der Waals surface area contributed by atoms with Gasteiger partial charge in [0.15, 0.2) is 5.13 Å². The van der Waals surface area contributed by atoms with Crippen molar-refractivity contribution in [1.82, 2.24) is 9.88 Å². The second kappa shape index (κ2) is 6.26. The van der Waals surface area contributed by atoms with Gasteiger partial charge >= 0.3 is 0 Å². The summed E-state index contributed by atoms with van der Waals surface area (Å²) in [6, 6.07) is 0. The molecule has 1 aliphatic heterocycles. The van der Waals surface area contributed by atoms with Crippen LogP contribution in [0.4, 0.5) is 5.13 Å². The van der Waals surface area contributed by atoms with Crippen molar-refractivity contribution in [2.75, 3.05) is 25.0 Å². The molecule has 3 N–H and O–H groups in total. The molecule has 1 fully saturated rings. The molecule has 5 nitrogen and oxygen atoms in total. The molecule has 1 aliphatic rings. The molecular formula is C12H20N4OS. The zero-order valence-electron chi connectivity index (χ0n) is 10.7. The lowest BCUT2D eigenvalue weighted by Gasteiger charge is -2.30. The van der Waals surface area contributed by atoms with Crippen LogP contribution in [0.15, 0.2) is 5.38 Å².